The summed E-state index contributed by atoms with van der Waals surface area (Å²) in [7, 11) is 1.54. The second kappa shape index (κ2) is 13.8. The molecule has 0 saturated heterocycles. The van der Waals surface area contributed by atoms with E-state index in [1.54, 1.807) is 55.6 Å². The van der Waals surface area contributed by atoms with Crippen molar-refractivity contribution in [1.82, 2.24) is 10.6 Å². The Balaban J connectivity index is 1.85. The van der Waals surface area contributed by atoms with Gasteiger partial charge in [-0.1, -0.05) is 31.5 Å². The number of amides is 4. The Morgan fingerprint density at radius 2 is 1.79 bits per heavy atom. The molecule has 0 fully saturated rings. The van der Waals surface area contributed by atoms with E-state index in [0.29, 0.717) is 22.9 Å². The van der Waals surface area contributed by atoms with Crippen molar-refractivity contribution in [1.29, 1.82) is 0 Å². The lowest BCUT2D eigenvalue weighted by Gasteiger charge is -2.10. The Morgan fingerprint density at radius 3 is 2.55 bits per heavy atom. The van der Waals surface area contributed by atoms with Crippen LogP contribution in [0.4, 0.5) is 10.5 Å². The molecule has 0 heterocycles. The number of benzene rings is 2. The second-order valence-electron chi connectivity index (χ2n) is 6.80. The van der Waals surface area contributed by atoms with E-state index in [2.05, 4.69) is 16.0 Å². The highest BCUT2D eigenvalue weighted by Crippen LogP contribution is 2.24. The first kappa shape index (κ1) is 25.7. The maximum atomic E-state index is 12.4. The average molecular weight is 474 g/mol. The largest absolute Gasteiger partial charge is 0.497 e. The first-order valence-corrected chi connectivity index (χ1v) is 11.3. The molecule has 0 saturated carbocycles. The fraction of sp³-hybridized carbons (Fsp3) is 0.304. The van der Waals surface area contributed by atoms with Gasteiger partial charge in [0.1, 0.15) is 5.75 Å². The van der Waals surface area contributed by atoms with Gasteiger partial charge in [-0.3, -0.25) is 14.9 Å². The SMILES string of the molecule is CCCCNC(=O)NC(=O)COC(=O)c1ccccc1SCC(=O)Nc1cccc(OC)c1. The number of imide groups is 1. The van der Waals surface area contributed by atoms with E-state index in [0.717, 1.165) is 24.6 Å². The van der Waals surface area contributed by atoms with Crippen molar-refractivity contribution in [2.45, 2.75) is 24.7 Å². The maximum Gasteiger partial charge on any atom is 0.339 e. The monoisotopic (exact) mass is 473 g/mol. The van der Waals surface area contributed by atoms with E-state index in [9.17, 15) is 19.2 Å². The standard InChI is InChI=1S/C23H27N3O6S/c1-3-4-12-24-23(30)26-20(27)14-32-22(29)18-10-5-6-11-19(18)33-15-21(28)25-16-8-7-9-17(13-16)31-2/h5-11,13H,3-4,12,14-15H2,1-2H3,(H,25,28)(H2,24,26,27,30). The lowest BCUT2D eigenvalue weighted by molar-refractivity contribution is -0.123. The topological polar surface area (TPSA) is 123 Å². The molecule has 0 unspecified atom stereocenters. The summed E-state index contributed by atoms with van der Waals surface area (Å²) in [5.41, 5.74) is 0.814. The zero-order valence-corrected chi connectivity index (χ0v) is 19.3. The van der Waals surface area contributed by atoms with Gasteiger partial charge in [0.25, 0.3) is 5.91 Å². The molecule has 4 amide bonds. The Kier molecular flexibility index (Phi) is 10.8. The quantitative estimate of drug-likeness (QED) is 0.260. The van der Waals surface area contributed by atoms with Gasteiger partial charge in [-0.25, -0.2) is 9.59 Å². The molecule has 0 spiro atoms. The number of rotatable bonds is 11. The third-order valence-electron chi connectivity index (χ3n) is 4.22. The molecule has 2 aromatic rings. The van der Waals surface area contributed by atoms with E-state index in [1.807, 2.05) is 6.92 Å². The van der Waals surface area contributed by atoms with E-state index >= 15 is 0 Å². The summed E-state index contributed by atoms with van der Waals surface area (Å²) >= 11 is 1.16. The fourth-order valence-corrected chi connectivity index (χ4v) is 3.44. The smallest absolute Gasteiger partial charge is 0.339 e. The van der Waals surface area contributed by atoms with Crippen LogP contribution in [0.25, 0.3) is 0 Å². The number of nitrogens with one attached hydrogen (secondary N) is 3. The maximum absolute atomic E-state index is 12.4. The van der Waals surface area contributed by atoms with Crippen molar-refractivity contribution in [3.8, 4) is 5.75 Å². The highest BCUT2D eigenvalue weighted by atomic mass is 32.2. The highest BCUT2D eigenvalue weighted by molar-refractivity contribution is 8.00. The number of esters is 1. The van der Waals surface area contributed by atoms with Crippen LogP contribution in [-0.2, 0) is 14.3 Å². The molecule has 2 rings (SSSR count). The predicted molar refractivity (Wildman–Crippen MR) is 126 cm³/mol. The van der Waals surface area contributed by atoms with Crippen molar-refractivity contribution >= 4 is 41.3 Å². The van der Waals surface area contributed by atoms with Gasteiger partial charge in [0.2, 0.25) is 5.91 Å². The minimum atomic E-state index is -0.736. The minimum Gasteiger partial charge on any atom is -0.497 e. The number of ether oxygens (including phenoxy) is 2. The van der Waals surface area contributed by atoms with Gasteiger partial charge in [-0.15, -0.1) is 11.8 Å². The predicted octanol–water partition coefficient (Wildman–Crippen LogP) is 3.21. The summed E-state index contributed by atoms with van der Waals surface area (Å²) in [6, 6.07) is 12.9. The normalized spacial score (nSPS) is 10.1. The minimum absolute atomic E-state index is 0.0555. The van der Waals surface area contributed by atoms with Crippen LogP contribution < -0.4 is 20.7 Å². The Bertz CT molecular complexity index is 982. The molecule has 176 valence electrons. The Hall–Kier alpha value is -3.53. The van der Waals surface area contributed by atoms with Crippen molar-refractivity contribution < 1.29 is 28.7 Å². The molecule has 33 heavy (non-hydrogen) atoms. The lowest BCUT2D eigenvalue weighted by Crippen LogP contribution is -2.41. The van der Waals surface area contributed by atoms with Gasteiger partial charge in [0.05, 0.1) is 18.4 Å². The molecule has 0 aliphatic carbocycles. The summed E-state index contributed by atoms with van der Waals surface area (Å²) in [5, 5.41) is 7.40. The summed E-state index contributed by atoms with van der Waals surface area (Å²) in [6.45, 7) is 1.83. The molecule has 0 radical (unpaired) electrons. The number of hydrogen-bond acceptors (Lipinski definition) is 7. The average Bonchev–Trinajstić information content (AvgIpc) is 2.81. The number of urea groups is 1. The number of unbranched alkanes of at least 4 members (excludes halogenated alkanes) is 1. The number of anilines is 1. The van der Waals surface area contributed by atoms with Crippen LogP contribution in [0.3, 0.4) is 0 Å². The van der Waals surface area contributed by atoms with E-state index in [4.69, 9.17) is 9.47 Å². The second-order valence-corrected chi connectivity index (χ2v) is 7.82. The first-order valence-electron chi connectivity index (χ1n) is 10.3. The number of carbonyl (C=O) groups excluding carboxylic acids is 4. The molecule has 0 bridgehead atoms. The Labute approximate surface area is 196 Å². The van der Waals surface area contributed by atoms with E-state index in [-0.39, 0.29) is 17.2 Å². The molecular weight excluding hydrogens is 446 g/mol. The van der Waals surface area contributed by atoms with Crippen LogP contribution in [0, 0.1) is 0 Å². The van der Waals surface area contributed by atoms with Crippen molar-refractivity contribution in [2.24, 2.45) is 0 Å². The van der Waals surface area contributed by atoms with Gasteiger partial charge >= 0.3 is 12.0 Å². The van der Waals surface area contributed by atoms with Crippen molar-refractivity contribution in [2.75, 3.05) is 31.3 Å². The molecule has 9 nitrogen and oxygen atoms in total. The first-order chi connectivity index (χ1) is 15.9. The Morgan fingerprint density at radius 1 is 1.00 bits per heavy atom. The van der Waals surface area contributed by atoms with Crippen LogP contribution >= 0.6 is 11.8 Å². The van der Waals surface area contributed by atoms with Crippen LogP contribution in [0.2, 0.25) is 0 Å². The number of hydrogen-bond donors (Lipinski definition) is 3. The number of methoxy groups -OCH3 is 1. The van der Waals surface area contributed by atoms with Gasteiger partial charge < -0.3 is 20.1 Å². The zero-order valence-electron chi connectivity index (χ0n) is 18.5. The molecule has 0 atom stereocenters. The third kappa shape index (κ3) is 9.24. The molecule has 0 aliphatic heterocycles. The van der Waals surface area contributed by atoms with Crippen LogP contribution in [0.15, 0.2) is 53.4 Å². The summed E-state index contributed by atoms with van der Waals surface area (Å²) in [4.78, 5) is 48.7. The van der Waals surface area contributed by atoms with Gasteiger partial charge in [-0.2, -0.15) is 0 Å². The summed E-state index contributed by atoms with van der Waals surface area (Å²) in [6.07, 6.45) is 1.70. The van der Waals surface area contributed by atoms with Crippen LogP contribution in [0.1, 0.15) is 30.1 Å². The van der Waals surface area contributed by atoms with Gasteiger partial charge in [0, 0.05) is 23.2 Å². The van der Waals surface area contributed by atoms with E-state index in [1.165, 1.54) is 0 Å². The zero-order chi connectivity index (χ0) is 24.1. The molecule has 0 aliphatic rings. The summed E-state index contributed by atoms with van der Waals surface area (Å²) in [5.74, 6) is -1.05. The lowest BCUT2D eigenvalue weighted by atomic mass is 10.2. The molecule has 0 aromatic heterocycles. The van der Waals surface area contributed by atoms with E-state index < -0.39 is 24.5 Å². The summed E-state index contributed by atoms with van der Waals surface area (Å²) < 4.78 is 10.2. The van der Waals surface area contributed by atoms with Crippen LogP contribution in [-0.4, -0.2) is 49.8 Å². The third-order valence-corrected chi connectivity index (χ3v) is 5.30. The highest BCUT2D eigenvalue weighted by Gasteiger charge is 2.16. The fourth-order valence-electron chi connectivity index (χ4n) is 2.60. The van der Waals surface area contributed by atoms with Gasteiger partial charge in [-0.05, 0) is 30.7 Å². The van der Waals surface area contributed by atoms with Crippen molar-refractivity contribution in [3.05, 3.63) is 54.1 Å². The number of thioether (sulfide) groups is 1. The number of carbonyl (C=O) groups is 4. The van der Waals surface area contributed by atoms with Crippen LogP contribution in [0.5, 0.6) is 5.75 Å². The van der Waals surface area contributed by atoms with Gasteiger partial charge in [0.15, 0.2) is 6.61 Å². The molecular formula is C23H27N3O6S. The van der Waals surface area contributed by atoms with Crippen molar-refractivity contribution in [3.63, 3.8) is 0 Å². The molecule has 3 N–H and O–H groups in total. The molecule has 10 heteroatoms. The molecule has 2 aromatic carbocycles.